The molecule has 0 aliphatic carbocycles. The van der Waals surface area contributed by atoms with E-state index in [9.17, 15) is 23.1 Å². The van der Waals surface area contributed by atoms with Crippen LogP contribution >= 0.6 is 0 Å². The van der Waals surface area contributed by atoms with E-state index in [-0.39, 0.29) is 17.1 Å². The first kappa shape index (κ1) is 15.7. The van der Waals surface area contributed by atoms with Gasteiger partial charge in [-0.15, -0.1) is 5.10 Å². The highest BCUT2D eigenvalue weighted by atomic mass is 19.4. The Bertz CT molecular complexity index is 891. The summed E-state index contributed by atoms with van der Waals surface area (Å²) in [6.07, 6.45) is -1.65. The maximum Gasteiger partial charge on any atom is 0.416 e. The first-order valence-corrected chi connectivity index (χ1v) is 6.65. The lowest BCUT2D eigenvalue weighted by atomic mass is 10.1. The van der Waals surface area contributed by atoms with Crippen molar-refractivity contribution in [3.05, 3.63) is 60.0 Å². The molecular formula is C15H9F3N4O2. The molecular weight excluding hydrogens is 325 g/mol. The van der Waals surface area contributed by atoms with E-state index in [1.807, 2.05) is 0 Å². The van der Waals surface area contributed by atoms with Crippen molar-refractivity contribution in [2.45, 2.75) is 6.18 Å². The lowest BCUT2D eigenvalue weighted by molar-refractivity contribution is -0.137. The van der Waals surface area contributed by atoms with E-state index in [1.165, 1.54) is 36.7 Å². The second-order valence-corrected chi connectivity index (χ2v) is 4.79. The summed E-state index contributed by atoms with van der Waals surface area (Å²) in [6.45, 7) is 0. The quantitative estimate of drug-likeness (QED) is 0.796. The Morgan fingerprint density at radius 3 is 2.46 bits per heavy atom. The molecule has 6 nitrogen and oxygen atoms in total. The normalized spacial score (nSPS) is 11.5. The van der Waals surface area contributed by atoms with Crippen molar-refractivity contribution >= 4 is 5.97 Å². The molecule has 0 spiro atoms. The molecule has 2 aromatic heterocycles. The van der Waals surface area contributed by atoms with Gasteiger partial charge in [0.1, 0.15) is 5.69 Å². The third kappa shape index (κ3) is 2.83. The number of benzene rings is 1. The number of alkyl halides is 3. The Balaban J connectivity index is 2.22. The molecule has 0 radical (unpaired) electrons. The molecule has 24 heavy (non-hydrogen) atoms. The second kappa shape index (κ2) is 5.76. The van der Waals surface area contributed by atoms with Crippen molar-refractivity contribution in [2.24, 2.45) is 0 Å². The Morgan fingerprint density at radius 1 is 1.12 bits per heavy atom. The number of rotatable bonds is 3. The van der Waals surface area contributed by atoms with Crippen LogP contribution in [0.25, 0.3) is 16.9 Å². The van der Waals surface area contributed by atoms with Crippen molar-refractivity contribution in [3.63, 3.8) is 0 Å². The molecule has 0 saturated heterocycles. The van der Waals surface area contributed by atoms with E-state index in [0.717, 1.165) is 16.8 Å². The van der Waals surface area contributed by atoms with Crippen LogP contribution in [0.3, 0.4) is 0 Å². The standard InChI is InChI=1S/C15H9F3N4O2/c16-15(17,18)10-2-1-3-11(8-10)22-13(9-4-6-19-7-5-9)12(14(23)24)20-21-22/h1-8H,(H,23,24). The molecule has 0 unspecified atom stereocenters. The van der Waals surface area contributed by atoms with E-state index in [2.05, 4.69) is 15.3 Å². The summed E-state index contributed by atoms with van der Waals surface area (Å²) in [5, 5.41) is 16.5. The van der Waals surface area contributed by atoms with Gasteiger partial charge in [-0.05, 0) is 30.3 Å². The molecule has 0 bridgehead atoms. The average Bonchev–Trinajstić information content (AvgIpc) is 3.00. The summed E-state index contributed by atoms with van der Waals surface area (Å²) < 4.78 is 39.7. The number of carboxylic acids is 1. The van der Waals surface area contributed by atoms with Gasteiger partial charge in [0.05, 0.1) is 11.3 Å². The van der Waals surface area contributed by atoms with Crippen LogP contribution in [0.2, 0.25) is 0 Å². The van der Waals surface area contributed by atoms with Crippen LogP contribution in [0.1, 0.15) is 16.1 Å². The highest BCUT2D eigenvalue weighted by molar-refractivity contribution is 5.93. The Morgan fingerprint density at radius 2 is 1.83 bits per heavy atom. The molecule has 1 aromatic carbocycles. The summed E-state index contributed by atoms with van der Waals surface area (Å²) in [7, 11) is 0. The van der Waals surface area contributed by atoms with Gasteiger partial charge in [-0.2, -0.15) is 13.2 Å². The fourth-order valence-corrected chi connectivity index (χ4v) is 2.19. The van der Waals surface area contributed by atoms with Crippen LogP contribution in [0.15, 0.2) is 48.8 Å². The van der Waals surface area contributed by atoms with E-state index in [4.69, 9.17) is 0 Å². The smallest absolute Gasteiger partial charge is 0.416 e. The highest BCUT2D eigenvalue weighted by Gasteiger charge is 2.31. The zero-order valence-corrected chi connectivity index (χ0v) is 11.9. The van der Waals surface area contributed by atoms with Gasteiger partial charge >= 0.3 is 12.1 Å². The third-order valence-electron chi connectivity index (χ3n) is 3.24. The topological polar surface area (TPSA) is 80.9 Å². The number of aromatic nitrogens is 4. The minimum absolute atomic E-state index is 0.0524. The minimum Gasteiger partial charge on any atom is -0.476 e. The lowest BCUT2D eigenvalue weighted by Crippen LogP contribution is -2.07. The number of aromatic carboxylic acids is 1. The largest absolute Gasteiger partial charge is 0.476 e. The summed E-state index contributed by atoms with van der Waals surface area (Å²) in [6, 6.07) is 7.46. The molecule has 0 aliphatic rings. The van der Waals surface area contributed by atoms with E-state index in [1.54, 1.807) is 0 Å². The average molecular weight is 334 g/mol. The SMILES string of the molecule is O=C(O)c1nnn(-c2cccc(C(F)(F)F)c2)c1-c1ccncc1. The second-order valence-electron chi connectivity index (χ2n) is 4.79. The van der Waals surface area contributed by atoms with Gasteiger partial charge in [-0.1, -0.05) is 11.3 Å². The van der Waals surface area contributed by atoms with Crippen LogP contribution < -0.4 is 0 Å². The first-order valence-electron chi connectivity index (χ1n) is 6.65. The Hall–Kier alpha value is -3.23. The van der Waals surface area contributed by atoms with Gasteiger partial charge in [0.2, 0.25) is 0 Å². The van der Waals surface area contributed by atoms with Gasteiger partial charge in [0.15, 0.2) is 5.69 Å². The molecule has 122 valence electrons. The van der Waals surface area contributed by atoms with Crippen LogP contribution in [0.4, 0.5) is 13.2 Å². The van der Waals surface area contributed by atoms with E-state index in [0.29, 0.717) is 5.56 Å². The maximum atomic E-state index is 12.9. The molecule has 0 aliphatic heterocycles. The molecule has 0 amide bonds. The zero-order valence-electron chi connectivity index (χ0n) is 11.9. The zero-order chi connectivity index (χ0) is 17.3. The number of halogens is 3. The Labute approximate surface area is 133 Å². The number of carboxylic acid groups (broad SMARTS) is 1. The number of carbonyl (C=O) groups is 1. The predicted octanol–water partition coefficient (Wildman–Crippen LogP) is 3.05. The van der Waals surface area contributed by atoms with Crippen molar-refractivity contribution in [2.75, 3.05) is 0 Å². The summed E-state index contributed by atoms with van der Waals surface area (Å²) in [5.41, 5.74) is -0.683. The minimum atomic E-state index is -4.52. The maximum absolute atomic E-state index is 12.9. The van der Waals surface area contributed by atoms with Crippen molar-refractivity contribution in [1.82, 2.24) is 20.0 Å². The third-order valence-corrected chi connectivity index (χ3v) is 3.24. The molecule has 1 N–H and O–H groups in total. The number of hydrogen-bond donors (Lipinski definition) is 1. The van der Waals surface area contributed by atoms with E-state index >= 15 is 0 Å². The lowest BCUT2D eigenvalue weighted by Gasteiger charge is -2.10. The van der Waals surface area contributed by atoms with Gasteiger partial charge in [-0.3, -0.25) is 4.98 Å². The molecule has 0 saturated carbocycles. The van der Waals surface area contributed by atoms with Crippen LogP contribution in [0, 0.1) is 0 Å². The molecule has 3 aromatic rings. The fraction of sp³-hybridized carbons (Fsp3) is 0.0667. The van der Waals surface area contributed by atoms with Gasteiger partial charge in [0.25, 0.3) is 0 Å². The van der Waals surface area contributed by atoms with Crippen LogP contribution in [0.5, 0.6) is 0 Å². The van der Waals surface area contributed by atoms with Crippen LogP contribution in [-0.2, 0) is 6.18 Å². The molecule has 0 fully saturated rings. The van der Waals surface area contributed by atoms with Gasteiger partial charge in [-0.25, -0.2) is 9.48 Å². The number of hydrogen-bond acceptors (Lipinski definition) is 4. The number of nitrogens with zero attached hydrogens (tertiary/aromatic N) is 4. The fourth-order valence-electron chi connectivity index (χ4n) is 2.19. The predicted molar refractivity (Wildman–Crippen MR) is 76.6 cm³/mol. The summed E-state index contributed by atoms with van der Waals surface area (Å²) >= 11 is 0. The summed E-state index contributed by atoms with van der Waals surface area (Å²) in [5.74, 6) is -1.33. The molecule has 3 rings (SSSR count). The van der Waals surface area contributed by atoms with Gasteiger partial charge < -0.3 is 5.11 Å². The monoisotopic (exact) mass is 334 g/mol. The highest BCUT2D eigenvalue weighted by Crippen LogP contribution is 2.31. The molecule has 0 atom stereocenters. The Kier molecular flexibility index (Phi) is 3.76. The van der Waals surface area contributed by atoms with Crippen molar-refractivity contribution in [1.29, 1.82) is 0 Å². The van der Waals surface area contributed by atoms with Crippen molar-refractivity contribution < 1.29 is 23.1 Å². The van der Waals surface area contributed by atoms with Gasteiger partial charge in [0, 0.05) is 18.0 Å². The molecule has 2 heterocycles. The van der Waals surface area contributed by atoms with Crippen molar-refractivity contribution in [3.8, 4) is 16.9 Å². The van der Waals surface area contributed by atoms with E-state index < -0.39 is 17.7 Å². The summed E-state index contributed by atoms with van der Waals surface area (Å²) in [4.78, 5) is 15.2. The van der Waals surface area contributed by atoms with Crippen LogP contribution in [-0.4, -0.2) is 31.1 Å². The number of pyridine rings is 1. The molecule has 9 heteroatoms. The first-order chi connectivity index (χ1) is 11.4.